The second-order valence-electron chi connectivity index (χ2n) is 7.39. The van der Waals surface area contributed by atoms with Crippen LogP contribution in [-0.4, -0.2) is 50.1 Å². The first kappa shape index (κ1) is 20.4. The molecule has 156 valence electrons. The van der Waals surface area contributed by atoms with Gasteiger partial charge in [0.1, 0.15) is 11.4 Å². The fourth-order valence-electron chi connectivity index (χ4n) is 3.78. The maximum absolute atomic E-state index is 13.5. The van der Waals surface area contributed by atoms with Crippen molar-refractivity contribution in [3.8, 4) is 5.75 Å². The molecule has 0 bridgehead atoms. The van der Waals surface area contributed by atoms with Gasteiger partial charge in [-0.2, -0.15) is 0 Å². The van der Waals surface area contributed by atoms with Gasteiger partial charge in [-0.3, -0.25) is 9.59 Å². The average Bonchev–Trinajstić information content (AvgIpc) is 3.00. The Bertz CT molecular complexity index is 1060. The number of amides is 2. The van der Waals surface area contributed by atoms with E-state index in [1.54, 1.807) is 18.2 Å². The van der Waals surface area contributed by atoms with Crippen LogP contribution in [0.2, 0.25) is 5.02 Å². The second-order valence-corrected chi connectivity index (χ2v) is 7.79. The highest BCUT2D eigenvalue weighted by molar-refractivity contribution is 6.45. The molecule has 7 heteroatoms. The molecule has 2 amide bonds. The molecule has 4 rings (SSSR count). The van der Waals surface area contributed by atoms with Crippen molar-refractivity contribution in [1.29, 1.82) is 0 Å². The lowest BCUT2D eigenvalue weighted by molar-refractivity contribution is -0.121. The molecule has 2 aromatic rings. The number of nitrogens with zero attached hydrogens (tertiary/aromatic N) is 2. The van der Waals surface area contributed by atoms with Crippen LogP contribution in [0.4, 0.5) is 5.69 Å². The number of imide groups is 1. The number of methoxy groups -OCH3 is 1. The summed E-state index contributed by atoms with van der Waals surface area (Å²) in [6.07, 6.45) is 0. The van der Waals surface area contributed by atoms with Gasteiger partial charge in [-0.25, -0.2) is 4.90 Å². The zero-order valence-electron chi connectivity index (χ0n) is 17.2. The van der Waals surface area contributed by atoms with Crippen LogP contribution in [0.3, 0.4) is 0 Å². The molecule has 6 nitrogen and oxygen atoms in total. The lowest BCUT2D eigenvalue weighted by Crippen LogP contribution is -2.40. The Morgan fingerprint density at radius 1 is 0.967 bits per heavy atom. The van der Waals surface area contributed by atoms with Crippen molar-refractivity contribution in [2.75, 3.05) is 38.3 Å². The largest absolute Gasteiger partial charge is 0.495 e. The zero-order valence-corrected chi connectivity index (χ0v) is 18.0. The highest BCUT2D eigenvalue weighted by Crippen LogP contribution is 2.38. The fourth-order valence-corrected chi connectivity index (χ4v) is 4.04. The van der Waals surface area contributed by atoms with E-state index in [4.69, 9.17) is 21.1 Å². The SMILES string of the molecule is COc1ccc(N2C(=O)C(c3ccc(C)c(C)c3)=C(N3CCOCC3)C2=O)cc1Cl. The van der Waals surface area contributed by atoms with E-state index in [0.717, 1.165) is 16.7 Å². The van der Waals surface area contributed by atoms with Crippen molar-refractivity contribution in [3.05, 3.63) is 63.8 Å². The smallest absolute Gasteiger partial charge is 0.282 e. The number of halogens is 1. The number of aryl methyl sites for hydroxylation is 2. The molecular formula is C23H23ClN2O4. The van der Waals surface area contributed by atoms with Crippen molar-refractivity contribution < 1.29 is 19.1 Å². The van der Waals surface area contributed by atoms with Crippen LogP contribution in [0.15, 0.2) is 42.1 Å². The van der Waals surface area contributed by atoms with Gasteiger partial charge in [0.15, 0.2) is 0 Å². The molecule has 2 aliphatic heterocycles. The van der Waals surface area contributed by atoms with E-state index in [-0.39, 0.29) is 11.8 Å². The van der Waals surface area contributed by atoms with Gasteiger partial charge in [0.05, 0.1) is 36.6 Å². The van der Waals surface area contributed by atoms with Crippen LogP contribution >= 0.6 is 11.6 Å². The number of rotatable bonds is 4. The van der Waals surface area contributed by atoms with Gasteiger partial charge in [0.25, 0.3) is 11.8 Å². The number of hydrogen-bond acceptors (Lipinski definition) is 5. The fraction of sp³-hybridized carbons (Fsp3) is 0.304. The van der Waals surface area contributed by atoms with Gasteiger partial charge in [-0.15, -0.1) is 0 Å². The van der Waals surface area contributed by atoms with Crippen molar-refractivity contribution in [2.24, 2.45) is 0 Å². The number of ether oxygens (including phenoxy) is 2. The third kappa shape index (κ3) is 3.46. The van der Waals surface area contributed by atoms with E-state index >= 15 is 0 Å². The normalized spacial score (nSPS) is 17.2. The minimum absolute atomic E-state index is 0.336. The Morgan fingerprint density at radius 3 is 2.33 bits per heavy atom. The lowest BCUT2D eigenvalue weighted by atomic mass is 9.99. The molecule has 0 aromatic heterocycles. The van der Waals surface area contributed by atoms with E-state index in [0.29, 0.717) is 54.0 Å². The maximum atomic E-state index is 13.5. The number of hydrogen-bond donors (Lipinski definition) is 0. The van der Waals surface area contributed by atoms with Gasteiger partial charge < -0.3 is 14.4 Å². The maximum Gasteiger partial charge on any atom is 0.282 e. The standard InChI is InChI=1S/C23H23ClN2O4/c1-14-4-5-16(12-15(14)2)20-21(25-8-10-30-11-9-25)23(28)26(22(20)27)17-6-7-19(29-3)18(24)13-17/h4-7,12-13H,8-11H2,1-3H3. The van der Waals surface area contributed by atoms with Gasteiger partial charge in [0, 0.05) is 13.1 Å². The van der Waals surface area contributed by atoms with E-state index in [1.807, 2.05) is 36.9 Å². The van der Waals surface area contributed by atoms with Crippen LogP contribution in [0.25, 0.3) is 5.57 Å². The van der Waals surface area contributed by atoms with E-state index in [1.165, 1.54) is 12.0 Å². The summed E-state index contributed by atoms with van der Waals surface area (Å²) in [5, 5.41) is 0.336. The summed E-state index contributed by atoms with van der Waals surface area (Å²) in [6.45, 7) is 6.15. The summed E-state index contributed by atoms with van der Waals surface area (Å²) in [4.78, 5) is 30.2. The first-order valence-corrected chi connectivity index (χ1v) is 10.2. The third-order valence-electron chi connectivity index (χ3n) is 5.58. The van der Waals surface area contributed by atoms with Crippen LogP contribution in [0.1, 0.15) is 16.7 Å². The zero-order chi connectivity index (χ0) is 21.4. The summed E-state index contributed by atoms with van der Waals surface area (Å²) in [7, 11) is 1.52. The van der Waals surface area contributed by atoms with E-state index in [9.17, 15) is 9.59 Å². The summed E-state index contributed by atoms with van der Waals surface area (Å²) in [5.74, 6) is -0.224. The first-order chi connectivity index (χ1) is 14.4. The minimum Gasteiger partial charge on any atom is -0.495 e. The monoisotopic (exact) mass is 426 g/mol. The highest BCUT2D eigenvalue weighted by atomic mass is 35.5. The van der Waals surface area contributed by atoms with E-state index in [2.05, 4.69) is 0 Å². The van der Waals surface area contributed by atoms with Gasteiger partial charge in [-0.05, 0) is 48.7 Å². The Balaban J connectivity index is 1.83. The number of benzene rings is 2. The topological polar surface area (TPSA) is 59.1 Å². The Kier molecular flexibility index (Phi) is 5.54. The molecule has 2 heterocycles. The van der Waals surface area contributed by atoms with Gasteiger partial charge in [0.2, 0.25) is 0 Å². The molecule has 0 N–H and O–H groups in total. The molecule has 2 aliphatic rings. The quantitative estimate of drug-likeness (QED) is 0.699. The molecule has 0 aliphatic carbocycles. The summed E-state index contributed by atoms with van der Waals surface area (Å²) in [5.41, 5.74) is 4.17. The molecule has 0 spiro atoms. The van der Waals surface area contributed by atoms with Gasteiger partial charge >= 0.3 is 0 Å². The summed E-state index contributed by atoms with van der Waals surface area (Å²) >= 11 is 6.27. The molecular weight excluding hydrogens is 404 g/mol. The van der Waals surface area contributed by atoms with Crippen LogP contribution < -0.4 is 9.64 Å². The Morgan fingerprint density at radius 2 is 1.70 bits per heavy atom. The van der Waals surface area contributed by atoms with E-state index < -0.39 is 0 Å². The van der Waals surface area contributed by atoms with Crippen molar-refractivity contribution >= 4 is 34.7 Å². The van der Waals surface area contributed by atoms with Crippen molar-refractivity contribution in [3.63, 3.8) is 0 Å². The summed E-state index contributed by atoms with van der Waals surface area (Å²) in [6, 6.07) is 10.7. The van der Waals surface area contributed by atoms with Crippen molar-refractivity contribution in [1.82, 2.24) is 4.90 Å². The molecule has 0 saturated carbocycles. The van der Waals surface area contributed by atoms with Crippen molar-refractivity contribution in [2.45, 2.75) is 13.8 Å². The summed E-state index contributed by atoms with van der Waals surface area (Å²) < 4.78 is 10.6. The predicted octanol–water partition coefficient (Wildman–Crippen LogP) is 3.58. The number of morpholine rings is 1. The minimum atomic E-state index is -0.356. The van der Waals surface area contributed by atoms with Crippen LogP contribution in [-0.2, 0) is 14.3 Å². The third-order valence-corrected chi connectivity index (χ3v) is 5.87. The predicted molar refractivity (Wildman–Crippen MR) is 116 cm³/mol. The Hall–Kier alpha value is -2.83. The van der Waals surface area contributed by atoms with Crippen LogP contribution in [0.5, 0.6) is 5.75 Å². The molecule has 1 fully saturated rings. The number of carbonyl (C=O) groups is 2. The molecule has 0 unspecified atom stereocenters. The molecule has 30 heavy (non-hydrogen) atoms. The second kappa shape index (κ2) is 8.13. The molecule has 0 atom stereocenters. The number of anilines is 1. The highest BCUT2D eigenvalue weighted by Gasteiger charge is 2.43. The first-order valence-electron chi connectivity index (χ1n) is 9.79. The average molecular weight is 427 g/mol. The van der Waals surface area contributed by atoms with Crippen LogP contribution in [0, 0.1) is 13.8 Å². The molecule has 0 radical (unpaired) electrons. The molecule has 2 aromatic carbocycles. The lowest BCUT2D eigenvalue weighted by Gasteiger charge is -2.29. The molecule has 1 saturated heterocycles. The Labute approximate surface area is 180 Å². The van der Waals surface area contributed by atoms with Gasteiger partial charge in [-0.1, -0.05) is 29.8 Å². The number of carbonyl (C=O) groups excluding carboxylic acids is 2.